The summed E-state index contributed by atoms with van der Waals surface area (Å²) in [5, 5.41) is 8.09. The van der Waals surface area contributed by atoms with Crippen molar-refractivity contribution in [3.05, 3.63) is 63.9 Å². The highest BCUT2D eigenvalue weighted by Crippen LogP contribution is 2.30. The summed E-state index contributed by atoms with van der Waals surface area (Å²) >= 11 is 12.1. The van der Waals surface area contributed by atoms with Gasteiger partial charge in [-0.2, -0.15) is 18.2 Å². The van der Waals surface area contributed by atoms with Crippen molar-refractivity contribution in [3.63, 3.8) is 0 Å². The summed E-state index contributed by atoms with van der Waals surface area (Å²) in [4.78, 5) is 23.8. The Labute approximate surface area is 178 Å². The van der Waals surface area contributed by atoms with Gasteiger partial charge in [0, 0.05) is 31.1 Å². The molecule has 156 valence electrons. The Kier molecular flexibility index (Phi) is 6.28. The number of alkyl halides is 3. The summed E-state index contributed by atoms with van der Waals surface area (Å²) in [6.45, 7) is 0. The third-order valence-electron chi connectivity index (χ3n) is 3.70. The third-order valence-corrected chi connectivity index (χ3v) is 4.33. The van der Waals surface area contributed by atoms with Crippen LogP contribution in [0.1, 0.15) is 16.1 Å². The van der Waals surface area contributed by atoms with Crippen LogP contribution in [0, 0.1) is 0 Å². The molecule has 0 saturated carbocycles. The minimum Gasteiger partial charge on any atom is -0.357 e. The Bertz CT molecular complexity index is 1070. The average molecular weight is 457 g/mol. The first-order chi connectivity index (χ1) is 14.2. The number of hydrogen-bond donors (Lipinski definition) is 3. The van der Waals surface area contributed by atoms with Gasteiger partial charge >= 0.3 is 6.18 Å². The van der Waals surface area contributed by atoms with Gasteiger partial charge in [-0.25, -0.2) is 9.97 Å². The molecular formula is C18H13Cl2F3N6O. The zero-order valence-electron chi connectivity index (χ0n) is 15.2. The Hall–Kier alpha value is -3.11. The first-order valence-corrected chi connectivity index (χ1v) is 9.05. The Morgan fingerprint density at radius 3 is 2.37 bits per heavy atom. The van der Waals surface area contributed by atoms with Crippen LogP contribution in [0.3, 0.4) is 0 Å². The molecule has 30 heavy (non-hydrogen) atoms. The largest absolute Gasteiger partial charge is 0.433 e. The Morgan fingerprint density at radius 1 is 1.03 bits per heavy atom. The van der Waals surface area contributed by atoms with Crippen LogP contribution >= 0.6 is 23.2 Å². The highest BCUT2D eigenvalue weighted by molar-refractivity contribution is 6.40. The van der Waals surface area contributed by atoms with E-state index in [0.717, 1.165) is 6.07 Å². The quantitative estimate of drug-likeness (QED) is 0.486. The summed E-state index contributed by atoms with van der Waals surface area (Å²) in [5.41, 5.74) is -0.717. The molecule has 0 atom stereocenters. The molecular weight excluding hydrogens is 444 g/mol. The molecule has 0 spiro atoms. The van der Waals surface area contributed by atoms with Crippen molar-refractivity contribution in [3.8, 4) is 0 Å². The van der Waals surface area contributed by atoms with Gasteiger partial charge in [-0.3, -0.25) is 4.79 Å². The standard InChI is InChI=1S/C18H13Cl2F3N6O/c1-24-17-27-12(18(21,22)23)8-14(29-17)28-13-7-9(5-6-25-13)26-16(30)15-10(19)3-2-4-11(15)20/h2-8H,1H3,(H3,24,25,26,27,28,29,30). The number of carbonyl (C=O) groups excluding carboxylic acids is 1. The first-order valence-electron chi connectivity index (χ1n) is 8.30. The first kappa shape index (κ1) is 21.6. The predicted molar refractivity (Wildman–Crippen MR) is 109 cm³/mol. The van der Waals surface area contributed by atoms with E-state index in [1.54, 1.807) is 6.07 Å². The third kappa shape index (κ3) is 5.08. The second-order valence-electron chi connectivity index (χ2n) is 5.82. The van der Waals surface area contributed by atoms with Crippen molar-refractivity contribution < 1.29 is 18.0 Å². The van der Waals surface area contributed by atoms with E-state index in [4.69, 9.17) is 23.2 Å². The maximum atomic E-state index is 13.0. The lowest BCUT2D eigenvalue weighted by Crippen LogP contribution is -2.14. The van der Waals surface area contributed by atoms with Gasteiger partial charge < -0.3 is 16.0 Å². The molecule has 0 aliphatic carbocycles. The summed E-state index contributed by atoms with van der Waals surface area (Å²) < 4.78 is 39.1. The number of nitrogens with one attached hydrogen (secondary N) is 3. The monoisotopic (exact) mass is 456 g/mol. The number of benzene rings is 1. The maximum Gasteiger partial charge on any atom is 0.433 e. The zero-order valence-corrected chi connectivity index (χ0v) is 16.7. The fourth-order valence-corrected chi connectivity index (χ4v) is 2.95. The number of pyridine rings is 1. The van der Waals surface area contributed by atoms with Crippen LogP contribution in [0.15, 0.2) is 42.6 Å². The van der Waals surface area contributed by atoms with Gasteiger partial charge in [-0.05, 0) is 18.2 Å². The van der Waals surface area contributed by atoms with E-state index in [2.05, 4.69) is 30.9 Å². The fraction of sp³-hybridized carbons (Fsp3) is 0.111. The van der Waals surface area contributed by atoms with Crippen molar-refractivity contribution in [1.82, 2.24) is 15.0 Å². The maximum absolute atomic E-state index is 13.0. The highest BCUT2D eigenvalue weighted by atomic mass is 35.5. The summed E-state index contributed by atoms with van der Waals surface area (Å²) in [5.74, 6) is -0.759. The van der Waals surface area contributed by atoms with Crippen molar-refractivity contribution in [1.29, 1.82) is 0 Å². The van der Waals surface area contributed by atoms with Crippen molar-refractivity contribution >= 4 is 52.4 Å². The molecule has 0 bridgehead atoms. The SMILES string of the molecule is CNc1nc(Nc2cc(NC(=O)c3c(Cl)cccc3Cl)ccn2)cc(C(F)(F)F)n1. The molecule has 0 aliphatic heterocycles. The summed E-state index contributed by atoms with van der Waals surface area (Å²) in [6.07, 6.45) is -3.29. The van der Waals surface area contributed by atoms with Crippen molar-refractivity contribution in [2.45, 2.75) is 6.18 Å². The van der Waals surface area contributed by atoms with Crippen LogP contribution in [-0.4, -0.2) is 27.9 Å². The molecule has 7 nitrogen and oxygen atoms in total. The van der Waals surface area contributed by atoms with Gasteiger partial charge in [-0.15, -0.1) is 0 Å². The normalized spacial score (nSPS) is 11.1. The van der Waals surface area contributed by atoms with Crippen LogP contribution < -0.4 is 16.0 Å². The van der Waals surface area contributed by atoms with Crippen LogP contribution in [0.2, 0.25) is 10.0 Å². The van der Waals surface area contributed by atoms with Crippen molar-refractivity contribution in [2.24, 2.45) is 0 Å². The number of aromatic nitrogens is 3. The van der Waals surface area contributed by atoms with Gasteiger partial charge in [0.1, 0.15) is 11.6 Å². The minimum atomic E-state index is -4.65. The number of hydrogen-bond acceptors (Lipinski definition) is 6. The molecule has 1 amide bonds. The van der Waals surface area contributed by atoms with E-state index < -0.39 is 17.8 Å². The van der Waals surface area contributed by atoms with Gasteiger partial charge in [0.05, 0.1) is 15.6 Å². The number of carbonyl (C=O) groups is 1. The smallest absolute Gasteiger partial charge is 0.357 e. The van der Waals surface area contributed by atoms with Crippen LogP contribution in [0.25, 0.3) is 0 Å². The predicted octanol–water partition coefficient (Wildman–Crippen LogP) is 5.23. The number of halogens is 5. The Balaban J connectivity index is 1.84. The highest BCUT2D eigenvalue weighted by Gasteiger charge is 2.33. The molecule has 0 aliphatic rings. The molecule has 3 N–H and O–H groups in total. The molecule has 2 heterocycles. The molecule has 3 rings (SSSR count). The van der Waals surface area contributed by atoms with E-state index in [1.165, 1.54) is 37.5 Å². The lowest BCUT2D eigenvalue weighted by atomic mass is 10.2. The fourth-order valence-electron chi connectivity index (χ4n) is 2.38. The number of rotatable bonds is 5. The number of amides is 1. The molecule has 12 heteroatoms. The second kappa shape index (κ2) is 8.72. The van der Waals surface area contributed by atoms with E-state index in [9.17, 15) is 18.0 Å². The second-order valence-corrected chi connectivity index (χ2v) is 6.63. The zero-order chi connectivity index (χ0) is 21.9. The van der Waals surface area contributed by atoms with Gasteiger partial charge in [0.2, 0.25) is 5.95 Å². The molecule has 1 aromatic carbocycles. The van der Waals surface area contributed by atoms with Crippen LogP contribution in [-0.2, 0) is 6.18 Å². The van der Waals surface area contributed by atoms with E-state index in [0.29, 0.717) is 5.69 Å². The van der Waals surface area contributed by atoms with E-state index in [1.807, 2.05) is 0 Å². The van der Waals surface area contributed by atoms with Crippen molar-refractivity contribution in [2.75, 3.05) is 23.0 Å². The number of anilines is 4. The lowest BCUT2D eigenvalue weighted by molar-refractivity contribution is -0.141. The topological polar surface area (TPSA) is 91.8 Å². The molecule has 0 radical (unpaired) electrons. The van der Waals surface area contributed by atoms with Crippen LogP contribution in [0.5, 0.6) is 0 Å². The summed E-state index contributed by atoms with van der Waals surface area (Å²) in [7, 11) is 1.40. The molecule has 3 aromatic rings. The van der Waals surface area contributed by atoms with Gasteiger partial charge in [0.15, 0.2) is 5.69 Å². The summed E-state index contributed by atoms with van der Waals surface area (Å²) in [6, 6.07) is 8.30. The van der Waals surface area contributed by atoms with Crippen LogP contribution in [0.4, 0.5) is 36.4 Å². The van der Waals surface area contributed by atoms with Gasteiger partial charge in [-0.1, -0.05) is 29.3 Å². The molecule has 0 unspecified atom stereocenters. The van der Waals surface area contributed by atoms with E-state index >= 15 is 0 Å². The minimum absolute atomic E-state index is 0.0939. The molecule has 2 aromatic heterocycles. The van der Waals surface area contributed by atoms with E-state index in [-0.39, 0.29) is 33.2 Å². The molecule has 0 saturated heterocycles. The van der Waals surface area contributed by atoms with Gasteiger partial charge in [0.25, 0.3) is 5.91 Å². The molecule has 0 fully saturated rings. The number of nitrogens with zero attached hydrogens (tertiary/aromatic N) is 3. The lowest BCUT2D eigenvalue weighted by Gasteiger charge is -2.12. The average Bonchev–Trinajstić information content (AvgIpc) is 2.67. The Morgan fingerprint density at radius 2 is 1.73 bits per heavy atom.